The van der Waals surface area contributed by atoms with Crippen molar-refractivity contribution in [3.8, 4) is 0 Å². The van der Waals surface area contributed by atoms with Crippen LogP contribution in [-0.4, -0.2) is 23.4 Å². The molecule has 1 aromatic carbocycles. The molecule has 2 atom stereocenters. The average Bonchev–Trinajstić information content (AvgIpc) is 2.72. The maximum atomic E-state index is 12.6. The summed E-state index contributed by atoms with van der Waals surface area (Å²) in [5.41, 5.74) is 2.66. The van der Waals surface area contributed by atoms with E-state index in [1.54, 1.807) is 0 Å². The van der Waals surface area contributed by atoms with Crippen LogP contribution in [0.2, 0.25) is 0 Å². The van der Waals surface area contributed by atoms with Gasteiger partial charge in [-0.3, -0.25) is 10.1 Å². The molecule has 1 aliphatic rings. The smallest absolute Gasteiger partial charge is 0.241 e. The largest absolute Gasteiger partial charge is 0.322 e. The third-order valence-corrected chi connectivity index (χ3v) is 4.12. The van der Waals surface area contributed by atoms with Gasteiger partial charge in [0, 0.05) is 6.54 Å². The van der Waals surface area contributed by atoms with Gasteiger partial charge in [0.2, 0.25) is 5.91 Å². The summed E-state index contributed by atoms with van der Waals surface area (Å²) >= 11 is 0. The van der Waals surface area contributed by atoms with Crippen LogP contribution in [0.1, 0.15) is 57.8 Å². The van der Waals surface area contributed by atoms with E-state index in [2.05, 4.69) is 64.2 Å². The molecular weight excluding hydrogens is 260 g/mol. The first-order chi connectivity index (χ1) is 9.81. The van der Waals surface area contributed by atoms with Crippen molar-refractivity contribution in [2.75, 3.05) is 6.54 Å². The van der Waals surface area contributed by atoms with E-state index in [1.807, 2.05) is 4.90 Å². The van der Waals surface area contributed by atoms with Crippen LogP contribution in [0.3, 0.4) is 0 Å². The molecule has 0 spiro atoms. The van der Waals surface area contributed by atoms with Crippen molar-refractivity contribution in [1.82, 2.24) is 10.2 Å². The lowest BCUT2D eigenvalue weighted by molar-refractivity contribution is -0.130. The van der Waals surface area contributed by atoms with Gasteiger partial charge in [-0.1, -0.05) is 57.5 Å². The van der Waals surface area contributed by atoms with E-state index in [0.717, 1.165) is 19.4 Å². The number of rotatable bonds is 4. The molecule has 1 heterocycles. The molecule has 1 aliphatic heterocycles. The molecule has 0 saturated carbocycles. The normalized spacial score (nSPS) is 22.9. The molecule has 0 aliphatic carbocycles. The first-order valence-corrected chi connectivity index (χ1v) is 7.95. The minimum absolute atomic E-state index is 0.0182. The first kappa shape index (κ1) is 16.0. The van der Waals surface area contributed by atoms with E-state index in [9.17, 15) is 4.79 Å². The number of carbonyl (C=O) groups is 1. The van der Waals surface area contributed by atoms with Gasteiger partial charge in [-0.2, -0.15) is 0 Å². The molecule has 0 bridgehead atoms. The van der Waals surface area contributed by atoms with Gasteiger partial charge < -0.3 is 4.90 Å². The molecule has 1 saturated heterocycles. The highest BCUT2D eigenvalue weighted by atomic mass is 16.2. The summed E-state index contributed by atoms with van der Waals surface area (Å²) in [5.74, 6) is 0.244. The predicted molar refractivity (Wildman–Crippen MR) is 86.9 cm³/mol. The highest BCUT2D eigenvalue weighted by Crippen LogP contribution is 2.29. The number of nitrogens with zero attached hydrogens (tertiary/aromatic N) is 1. The summed E-state index contributed by atoms with van der Waals surface area (Å²) in [5, 5.41) is 3.50. The third kappa shape index (κ3) is 3.85. The van der Waals surface area contributed by atoms with Crippen LogP contribution < -0.4 is 5.32 Å². The van der Waals surface area contributed by atoms with Crippen molar-refractivity contribution in [3.63, 3.8) is 0 Å². The Balaban J connectivity index is 2.22. The lowest BCUT2D eigenvalue weighted by Gasteiger charge is -2.28. The zero-order chi connectivity index (χ0) is 15.6. The Morgan fingerprint density at radius 3 is 2.57 bits per heavy atom. The Morgan fingerprint density at radius 2 is 2.00 bits per heavy atom. The molecule has 1 amide bonds. The van der Waals surface area contributed by atoms with Gasteiger partial charge in [0.15, 0.2) is 0 Å². The molecule has 0 aromatic heterocycles. The minimum atomic E-state index is -0.0459. The summed E-state index contributed by atoms with van der Waals surface area (Å²) in [7, 11) is 0. The van der Waals surface area contributed by atoms with Gasteiger partial charge in [0.1, 0.15) is 6.17 Å². The molecule has 1 N–H and O–H groups in total. The van der Waals surface area contributed by atoms with Gasteiger partial charge in [-0.15, -0.1) is 0 Å². The van der Waals surface area contributed by atoms with Crippen molar-refractivity contribution in [2.45, 2.75) is 59.7 Å². The molecular formula is C18H28N2O. The number of amides is 1. The zero-order valence-electron chi connectivity index (χ0n) is 13.9. The maximum Gasteiger partial charge on any atom is 0.241 e. The van der Waals surface area contributed by atoms with Crippen molar-refractivity contribution < 1.29 is 4.79 Å². The summed E-state index contributed by atoms with van der Waals surface area (Å²) in [6, 6.07) is 8.40. The fraction of sp³-hybridized carbons (Fsp3) is 0.611. The van der Waals surface area contributed by atoms with Gasteiger partial charge in [0.05, 0.1) is 6.04 Å². The summed E-state index contributed by atoms with van der Waals surface area (Å²) in [6.45, 7) is 11.6. The van der Waals surface area contributed by atoms with Crippen molar-refractivity contribution in [2.24, 2.45) is 5.41 Å². The fourth-order valence-corrected chi connectivity index (χ4v) is 2.78. The molecule has 1 fully saturated rings. The Bertz CT molecular complexity index is 504. The van der Waals surface area contributed by atoms with Crippen LogP contribution in [-0.2, 0) is 4.79 Å². The Morgan fingerprint density at radius 1 is 1.29 bits per heavy atom. The van der Waals surface area contributed by atoms with Crippen LogP contribution in [0.25, 0.3) is 0 Å². The van der Waals surface area contributed by atoms with Crippen LogP contribution in [0.5, 0.6) is 0 Å². The number of benzene rings is 1. The quantitative estimate of drug-likeness (QED) is 0.917. The van der Waals surface area contributed by atoms with Gasteiger partial charge in [-0.25, -0.2) is 0 Å². The highest BCUT2D eigenvalue weighted by molar-refractivity contribution is 5.84. The molecule has 21 heavy (non-hydrogen) atoms. The summed E-state index contributed by atoms with van der Waals surface area (Å²) < 4.78 is 0. The van der Waals surface area contributed by atoms with Crippen molar-refractivity contribution >= 4 is 5.91 Å². The molecule has 1 aromatic rings. The summed E-state index contributed by atoms with van der Waals surface area (Å²) in [4.78, 5) is 14.6. The lowest BCUT2D eigenvalue weighted by Crippen LogP contribution is -2.33. The molecule has 3 nitrogen and oxygen atoms in total. The lowest BCUT2D eigenvalue weighted by atomic mass is 9.92. The van der Waals surface area contributed by atoms with Crippen LogP contribution in [0.15, 0.2) is 24.3 Å². The second-order valence-electron chi connectivity index (χ2n) is 7.29. The predicted octanol–water partition coefficient (Wildman–Crippen LogP) is 3.64. The van der Waals surface area contributed by atoms with E-state index in [-0.39, 0.29) is 23.5 Å². The van der Waals surface area contributed by atoms with E-state index in [0.29, 0.717) is 0 Å². The first-order valence-electron chi connectivity index (χ1n) is 7.95. The zero-order valence-corrected chi connectivity index (χ0v) is 13.9. The van der Waals surface area contributed by atoms with Gasteiger partial charge in [-0.05, 0) is 30.7 Å². The number of hydrogen-bond acceptors (Lipinski definition) is 2. The molecule has 116 valence electrons. The average molecular weight is 288 g/mol. The monoisotopic (exact) mass is 288 g/mol. The molecule has 2 rings (SSSR count). The van der Waals surface area contributed by atoms with E-state index in [1.165, 1.54) is 11.1 Å². The van der Waals surface area contributed by atoms with Crippen LogP contribution >= 0.6 is 0 Å². The van der Waals surface area contributed by atoms with Crippen LogP contribution in [0, 0.1) is 12.3 Å². The third-order valence-electron chi connectivity index (χ3n) is 4.12. The SMILES string of the molecule is CCC1NC(c2cccc(C)c2)N(CCC(C)(C)C)C1=O. The van der Waals surface area contributed by atoms with Crippen molar-refractivity contribution in [3.05, 3.63) is 35.4 Å². The number of hydrogen-bond donors (Lipinski definition) is 1. The fourth-order valence-electron chi connectivity index (χ4n) is 2.78. The second kappa shape index (κ2) is 6.18. The number of carbonyl (C=O) groups excluding carboxylic acids is 1. The maximum absolute atomic E-state index is 12.6. The van der Waals surface area contributed by atoms with Gasteiger partial charge >= 0.3 is 0 Å². The Kier molecular flexibility index (Phi) is 4.72. The number of nitrogens with one attached hydrogen (secondary N) is 1. The molecule has 2 unspecified atom stereocenters. The number of aryl methyl sites for hydroxylation is 1. The van der Waals surface area contributed by atoms with E-state index >= 15 is 0 Å². The van der Waals surface area contributed by atoms with E-state index < -0.39 is 0 Å². The summed E-state index contributed by atoms with van der Waals surface area (Å²) in [6.07, 6.45) is 1.87. The standard InChI is InChI=1S/C18H28N2O/c1-6-15-17(21)20(11-10-18(3,4)5)16(19-15)14-9-7-8-13(2)12-14/h7-9,12,15-16,19H,6,10-11H2,1-5H3. The second-order valence-corrected chi connectivity index (χ2v) is 7.29. The van der Waals surface area contributed by atoms with Gasteiger partial charge in [0.25, 0.3) is 0 Å². The Labute approximate surface area is 128 Å². The molecule has 0 radical (unpaired) electrons. The van der Waals surface area contributed by atoms with Crippen molar-refractivity contribution in [1.29, 1.82) is 0 Å². The minimum Gasteiger partial charge on any atom is -0.322 e. The van der Waals surface area contributed by atoms with E-state index in [4.69, 9.17) is 0 Å². The molecule has 3 heteroatoms. The topological polar surface area (TPSA) is 32.3 Å². The Hall–Kier alpha value is -1.35. The van der Waals surface area contributed by atoms with Crippen LogP contribution in [0.4, 0.5) is 0 Å². The highest BCUT2D eigenvalue weighted by Gasteiger charge is 2.38.